The second-order valence-corrected chi connectivity index (χ2v) is 6.23. The van der Waals surface area contributed by atoms with E-state index < -0.39 is 6.04 Å². The van der Waals surface area contributed by atoms with E-state index in [1.165, 1.54) is 11.3 Å². The number of benzene rings is 1. The Morgan fingerprint density at radius 1 is 1.23 bits per heavy atom. The maximum Gasteiger partial charge on any atom is 0.252 e. The van der Waals surface area contributed by atoms with E-state index in [0.29, 0.717) is 10.7 Å². The quantitative estimate of drug-likeness (QED) is 0.891. The minimum atomic E-state index is -0.615. The molecule has 1 aromatic carbocycles. The first kappa shape index (κ1) is 16.2. The molecule has 0 spiro atoms. The van der Waals surface area contributed by atoms with Crippen LogP contribution in [0.3, 0.4) is 0 Å². The van der Waals surface area contributed by atoms with Crippen molar-refractivity contribution >= 4 is 28.3 Å². The van der Waals surface area contributed by atoms with E-state index in [-0.39, 0.29) is 17.7 Å². The molecule has 0 aliphatic carbocycles. The van der Waals surface area contributed by atoms with Crippen molar-refractivity contribution < 1.29 is 9.59 Å². The van der Waals surface area contributed by atoms with E-state index in [2.05, 4.69) is 15.6 Å². The van der Waals surface area contributed by atoms with Gasteiger partial charge in [-0.05, 0) is 24.5 Å². The normalized spacial score (nSPS) is 12.0. The molecule has 2 amide bonds. The molecule has 1 atom stereocenters. The van der Waals surface area contributed by atoms with E-state index in [0.717, 1.165) is 5.56 Å². The molecule has 0 saturated carbocycles. The maximum atomic E-state index is 12.4. The van der Waals surface area contributed by atoms with Crippen LogP contribution in [0, 0.1) is 12.8 Å². The highest BCUT2D eigenvalue weighted by molar-refractivity contribution is 7.13. The summed E-state index contributed by atoms with van der Waals surface area (Å²) in [6, 6.07) is 6.69. The summed E-state index contributed by atoms with van der Waals surface area (Å²) in [4.78, 5) is 28.8. The standard InChI is InChI=1S/C16H19N3O2S/c1-10(2)13(15(21)19-16-17-8-9-22-16)18-14(20)12-7-5-4-6-11(12)3/h4-10,13H,1-3H3,(H,18,20)(H,17,19,21)/t13-/m1/s1. The zero-order chi connectivity index (χ0) is 16.1. The summed E-state index contributed by atoms with van der Waals surface area (Å²) in [5, 5.41) is 7.85. The van der Waals surface area contributed by atoms with Gasteiger partial charge in [0.25, 0.3) is 5.91 Å². The van der Waals surface area contributed by atoms with Crippen molar-refractivity contribution in [2.75, 3.05) is 5.32 Å². The number of thiazole rings is 1. The van der Waals surface area contributed by atoms with E-state index in [1.54, 1.807) is 17.6 Å². The Morgan fingerprint density at radius 3 is 2.55 bits per heavy atom. The Labute approximate surface area is 133 Å². The van der Waals surface area contributed by atoms with Crippen LogP contribution < -0.4 is 10.6 Å². The number of hydrogen-bond donors (Lipinski definition) is 2. The molecule has 0 radical (unpaired) electrons. The lowest BCUT2D eigenvalue weighted by Gasteiger charge is -2.21. The molecule has 6 heteroatoms. The zero-order valence-corrected chi connectivity index (χ0v) is 13.6. The number of rotatable bonds is 5. The van der Waals surface area contributed by atoms with Crippen molar-refractivity contribution in [3.8, 4) is 0 Å². The second-order valence-electron chi connectivity index (χ2n) is 5.34. The van der Waals surface area contributed by atoms with Crippen LogP contribution in [0.2, 0.25) is 0 Å². The molecule has 0 aliphatic rings. The summed E-state index contributed by atoms with van der Waals surface area (Å²) in [6.45, 7) is 5.66. The third-order valence-corrected chi connectivity index (χ3v) is 3.98. The molecule has 22 heavy (non-hydrogen) atoms. The zero-order valence-electron chi connectivity index (χ0n) is 12.8. The molecule has 0 saturated heterocycles. The van der Waals surface area contributed by atoms with Gasteiger partial charge < -0.3 is 10.6 Å². The van der Waals surface area contributed by atoms with Crippen LogP contribution in [0.15, 0.2) is 35.8 Å². The van der Waals surface area contributed by atoms with Crippen LogP contribution in [0.25, 0.3) is 0 Å². The van der Waals surface area contributed by atoms with Crippen molar-refractivity contribution in [3.05, 3.63) is 47.0 Å². The minimum Gasteiger partial charge on any atom is -0.340 e. The summed E-state index contributed by atoms with van der Waals surface area (Å²) < 4.78 is 0. The van der Waals surface area contributed by atoms with E-state index in [1.807, 2.05) is 39.0 Å². The van der Waals surface area contributed by atoms with E-state index in [9.17, 15) is 9.59 Å². The Hall–Kier alpha value is -2.21. The number of hydrogen-bond acceptors (Lipinski definition) is 4. The summed E-state index contributed by atoms with van der Waals surface area (Å²) in [7, 11) is 0. The van der Waals surface area contributed by atoms with Crippen LogP contribution in [-0.2, 0) is 4.79 Å². The number of amides is 2. The molecule has 1 aromatic heterocycles. The molecule has 0 aliphatic heterocycles. The van der Waals surface area contributed by atoms with Gasteiger partial charge in [0.15, 0.2) is 5.13 Å². The maximum absolute atomic E-state index is 12.4. The fraction of sp³-hybridized carbons (Fsp3) is 0.312. The average molecular weight is 317 g/mol. The number of carbonyl (C=O) groups excluding carboxylic acids is 2. The van der Waals surface area contributed by atoms with Gasteiger partial charge in [-0.15, -0.1) is 11.3 Å². The lowest BCUT2D eigenvalue weighted by Crippen LogP contribution is -2.47. The molecule has 2 aromatic rings. The van der Waals surface area contributed by atoms with Gasteiger partial charge in [0.2, 0.25) is 5.91 Å². The third-order valence-electron chi connectivity index (χ3n) is 3.29. The van der Waals surface area contributed by atoms with Gasteiger partial charge in [-0.1, -0.05) is 32.0 Å². The second kappa shape index (κ2) is 7.17. The van der Waals surface area contributed by atoms with Gasteiger partial charge in [-0.25, -0.2) is 4.98 Å². The van der Waals surface area contributed by atoms with E-state index in [4.69, 9.17) is 0 Å². The van der Waals surface area contributed by atoms with E-state index >= 15 is 0 Å². The highest BCUT2D eigenvalue weighted by Crippen LogP contribution is 2.14. The molecular weight excluding hydrogens is 298 g/mol. The van der Waals surface area contributed by atoms with Gasteiger partial charge >= 0.3 is 0 Å². The smallest absolute Gasteiger partial charge is 0.252 e. The first-order valence-electron chi connectivity index (χ1n) is 7.06. The lowest BCUT2D eigenvalue weighted by molar-refractivity contribution is -0.118. The fourth-order valence-corrected chi connectivity index (χ4v) is 2.58. The van der Waals surface area contributed by atoms with Gasteiger partial charge in [0.05, 0.1) is 0 Å². The Bertz CT molecular complexity index is 653. The number of aromatic nitrogens is 1. The van der Waals surface area contributed by atoms with Crippen LogP contribution >= 0.6 is 11.3 Å². The van der Waals surface area contributed by atoms with Crippen LogP contribution in [-0.4, -0.2) is 22.8 Å². The van der Waals surface area contributed by atoms with Crippen molar-refractivity contribution in [3.63, 3.8) is 0 Å². The van der Waals surface area contributed by atoms with Gasteiger partial charge in [-0.3, -0.25) is 9.59 Å². The number of aryl methyl sites for hydroxylation is 1. The molecule has 2 rings (SSSR count). The average Bonchev–Trinajstić information content (AvgIpc) is 2.97. The Kier molecular flexibility index (Phi) is 5.27. The first-order valence-corrected chi connectivity index (χ1v) is 7.94. The molecule has 0 unspecified atom stereocenters. The molecule has 0 bridgehead atoms. The third kappa shape index (κ3) is 3.92. The van der Waals surface area contributed by atoms with Crippen LogP contribution in [0.5, 0.6) is 0 Å². The van der Waals surface area contributed by atoms with Crippen LogP contribution in [0.4, 0.5) is 5.13 Å². The first-order chi connectivity index (χ1) is 10.5. The Morgan fingerprint density at radius 2 is 1.95 bits per heavy atom. The predicted octanol–water partition coefficient (Wildman–Crippen LogP) is 2.84. The SMILES string of the molecule is Cc1ccccc1C(=O)N[C@@H](C(=O)Nc1nccs1)C(C)C. The number of nitrogens with one attached hydrogen (secondary N) is 2. The highest BCUT2D eigenvalue weighted by Gasteiger charge is 2.25. The van der Waals surface area contributed by atoms with Gasteiger partial charge in [-0.2, -0.15) is 0 Å². The van der Waals surface area contributed by atoms with Gasteiger partial charge in [0.1, 0.15) is 6.04 Å². The van der Waals surface area contributed by atoms with Gasteiger partial charge in [0, 0.05) is 17.1 Å². The topological polar surface area (TPSA) is 71.1 Å². The summed E-state index contributed by atoms with van der Waals surface area (Å²) in [5.41, 5.74) is 1.46. The van der Waals surface area contributed by atoms with Crippen LogP contribution in [0.1, 0.15) is 29.8 Å². The molecule has 5 nitrogen and oxygen atoms in total. The predicted molar refractivity (Wildman–Crippen MR) is 88.0 cm³/mol. The van der Waals surface area contributed by atoms with Crippen molar-refractivity contribution in [1.82, 2.24) is 10.3 Å². The number of anilines is 1. The summed E-state index contributed by atoms with van der Waals surface area (Å²) in [5.74, 6) is -0.536. The fourth-order valence-electron chi connectivity index (χ4n) is 2.05. The number of nitrogens with zero attached hydrogens (tertiary/aromatic N) is 1. The highest BCUT2D eigenvalue weighted by atomic mass is 32.1. The monoisotopic (exact) mass is 317 g/mol. The molecule has 2 N–H and O–H groups in total. The van der Waals surface area contributed by atoms with Crippen molar-refractivity contribution in [1.29, 1.82) is 0 Å². The minimum absolute atomic E-state index is 0.0343. The molecular formula is C16H19N3O2S. The molecule has 116 valence electrons. The van der Waals surface area contributed by atoms with Crippen molar-refractivity contribution in [2.24, 2.45) is 5.92 Å². The lowest BCUT2D eigenvalue weighted by atomic mass is 10.0. The largest absolute Gasteiger partial charge is 0.340 e. The Balaban J connectivity index is 2.10. The summed E-state index contributed by atoms with van der Waals surface area (Å²) in [6.07, 6.45) is 1.62. The summed E-state index contributed by atoms with van der Waals surface area (Å²) >= 11 is 1.34. The number of carbonyl (C=O) groups is 2. The molecule has 0 fully saturated rings. The molecule has 1 heterocycles. The van der Waals surface area contributed by atoms with Crippen molar-refractivity contribution in [2.45, 2.75) is 26.8 Å².